The van der Waals surface area contributed by atoms with Crippen molar-refractivity contribution in [1.29, 1.82) is 0 Å². The van der Waals surface area contributed by atoms with Crippen LogP contribution in [-0.2, 0) is 26.7 Å². The first kappa shape index (κ1) is 19.0. The molecule has 0 saturated heterocycles. The van der Waals surface area contributed by atoms with E-state index in [1.165, 1.54) is 0 Å². The van der Waals surface area contributed by atoms with Crippen LogP contribution in [0.5, 0.6) is 0 Å². The summed E-state index contributed by atoms with van der Waals surface area (Å²) >= 11 is 0. The van der Waals surface area contributed by atoms with Crippen molar-refractivity contribution in [3.05, 3.63) is 59.7 Å². The van der Waals surface area contributed by atoms with Gasteiger partial charge in [-0.05, 0) is 40.8 Å². The van der Waals surface area contributed by atoms with Crippen LogP contribution < -0.4 is 10.0 Å². The number of benzene rings is 2. The van der Waals surface area contributed by atoms with E-state index in [-0.39, 0.29) is 22.6 Å². The van der Waals surface area contributed by atoms with E-state index in [2.05, 4.69) is 30.8 Å². The van der Waals surface area contributed by atoms with Gasteiger partial charge in [0, 0.05) is 12.7 Å². The molecular weight excluding hydrogens is 336 g/mol. The fraction of sp³-hybridized carbons (Fsp3) is 0.316. The van der Waals surface area contributed by atoms with Crippen molar-refractivity contribution in [1.82, 2.24) is 5.32 Å². The number of nitrogens with one attached hydrogen (secondary N) is 2. The molecule has 2 N–H and O–H groups in total. The van der Waals surface area contributed by atoms with E-state index >= 15 is 0 Å². The molecule has 6 heteroatoms. The molecule has 2 rings (SSSR count). The Kier molecular flexibility index (Phi) is 5.52. The number of carbonyl (C=O) groups excluding carboxylic acids is 1. The molecule has 25 heavy (non-hydrogen) atoms. The Morgan fingerprint density at radius 1 is 0.960 bits per heavy atom. The molecular formula is C19H24N2O3S. The van der Waals surface area contributed by atoms with E-state index in [4.69, 9.17) is 0 Å². The maximum Gasteiger partial charge on any atom is 0.261 e. The van der Waals surface area contributed by atoms with E-state index in [1.807, 2.05) is 12.1 Å². The average Bonchev–Trinajstić information content (AvgIpc) is 2.55. The molecule has 5 nitrogen and oxygen atoms in total. The van der Waals surface area contributed by atoms with Crippen LogP contribution in [0.15, 0.2) is 53.4 Å². The number of carbonyl (C=O) groups is 1. The summed E-state index contributed by atoms with van der Waals surface area (Å²) in [5, 5.41) is 2.55. The number of hydrogen-bond donors (Lipinski definition) is 2. The first-order chi connectivity index (χ1) is 11.6. The van der Waals surface area contributed by atoms with Crippen LogP contribution in [0.2, 0.25) is 0 Å². The highest BCUT2D eigenvalue weighted by Gasteiger charge is 2.17. The Balaban J connectivity index is 2.14. The van der Waals surface area contributed by atoms with Crippen molar-refractivity contribution in [2.45, 2.75) is 37.5 Å². The average molecular weight is 360 g/mol. The number of likely N-dealkylation sites (N-methyl/N-ethyl adjacent to an activating group) is 1. The van der Waals surface area contributed by atoms with Gasteiger partial charge in [0.2, 0.25) is 5.91 Å². The van der Waals surface area contributed by atoms with Gasteiger partial charge >= 0.3 is 0 Å². The summed E-state index contributed by atoms with van der Waals surface area (Å²) in [6, 6.07) is 13.7. The molecule has 0 aromatic heterocycles. The molecule has 1 amide bonds. The Morgan fingerprint density at radius 3 is 2.00 bits per heavy atom. The molecule has 0 fully saturated rings. The predicted molar refractivity (Wildman–Crippen MR) is 100 cm³/mol. The summed E-state index contributed by atoms with van der Waals surface area (Å²) in [4.78, 5) is 11.6. The van der Waals surface area contributed by atoms with Crippen molar-refractivity contribution in [3.63, 3.8) is 0 Å². The molecule has 0 saturated carbocycles. The minimum atomic E-state index is -3.65. The second-order valence-corrected chi connectivity index (χ2v) is 8.61. The minimum absolute atomic E-state index is 0.0314. The quantitative estimate of drug-likeness (QED) is 0.860. The molecule has 0 heterocycles. The second kappa shape index (κ2) is 7.27. The van der Waals surface area contributed by atoms with Gasteiger partial charge < -0.3 is 5.32 Å². The molecule has 0 aliphatic heterocycles. The SMILES string of the molecule is CNC(=O)Cc1ccc(NS(=O)(=O)c2ccc(C(C)(C)C)cc2)cc1. The predicted octanol–water partition coefficient (Wildman–Crippen LogP) is 3.07. The first-order valence-corrected chi connectivity index (χ1v) is 9.53. The maximum absolute atomic E-state index is 12.5. The van der Waals surface area contributed by atoms with Crippen LogP contribution in [0.4, 0.5) is 5.69 Å². The van der Waals surface area contributed by atoms with Crippen molar-refractivity contribution in [2.24, 2.45) is 0 Å². The van der Waals surface area contributed by atoms with Gasteiger partial charge in [0.15, 0.2) is 0 Å². The number of anilines is 1. The van der Waals surface area contributed by atoms with E-state index in [1.54, 1.807) is 43.4 Å². The summed E-state index contributed by atoms with van der Waals surface area (Å²) in [6.07, 6.45) is 0.262. The van der Waals surface area contributed by atoms with Gasteiger partial charge in [-0.1, -0.05) is 45.0 Å². The van der Waals surface area contributed by atoms with Crippen LogP contribution in [0.3, 0.4) is 0 Å². The number of sulfonamides is 1. The number of rotatable bonds is 5. The van der Waals surface area contributed by atoms with Crippen LogP contribution >= 0.6 is 0 Å². The third-order valence-corrected chi connectivity index (χ3v) is 5.28. The summed E-state index contributed by atoms with van der Waals surface area (Å²) in [5.74, 6) is -0.0905. The fourth-order valence-corrected chi connectivity index (χ4v) is 3.37. The Bertz CT molecular complexity index is 834. The van der Waals surface area contributed by atoms with Gasteiger partial charge in [-0.2, -0.15) is 0 Å². The third kappa shape index (κ3) is 5.06. The molecule has 0 bridgehead atoms. The van der Waals surface area contributed by atoms with Crippen molar-refractivity contribution < 1.29 is 13.2 Å². The summed E-state index contributed by atoms with van der Waals surface area (Å²) in [7, 11) is -2.07. The monoisotopic (exact) mass is 360 g/mol. The largest absolute Gasteiger partial charge is 0.359 e. The Hall–Kier alpha value is -2.34. The lowest BCUT2D eigenvalue weighted by Gasteiger charge is -2.19. The molecule has 0 radical (unpaired) electrons. The highest BCUT2D eigenvalue weighted by atomic mass is 32.2. The molecule has 2 aromatic rings. The molecule has 134 valence electrons. The van der Waals surface area contributed by atoms with E-state index in [0.717, 1.165) is 11.1 Å². The standard InChI is InChI=1S/C19H24N2O3S/c1-19(2,3)15-7-11-17(12-8-15)25(23,24)21-16-9-5-14(6-10-16)13-18(22)20-4/h5-12,21H,13H2,1-4H3,(H,20,22). The molecule has 0 spiro atoms. The number of amides is 1. The maximum atomic E-state index is 12.5. The van der Waals surface area contributed by atoms with Crippen LogP contribution in [-0.4, -0.2) is 21.4 Å². The lowest BCUT2D eigenvalue weighted by molar-refractivity contribution is -0.119. The van der Waals surface area contributed by atoms with Gasteiger partial charge in [0.05, 0.1) is 11.3 Å². The van der Waals surface area contributed by atoms with Crippen LogP contribution in [0, 0.1) is 0 Å². The molecule has 0 unspecified atom stereocenters. The molecule has 0 atom stereocenters. The Labute approximate surface area is 149 Å². The van der Waals surface area contributed by atoms with E-state index in [9.17, 15) is 13.2 Å². The first-order valence-electron chi connectivity index (χ1n) is 8.05. The highest BCUT2D eigenvalue weighted by molar-refractivity contribution is 7.92. The van der Waals surface area contributed by atoms with Crippen LogP contribution in [0.1, 0.15) is 31.9 Å². The molecule has 0 aliphatic rings. The molecule has 2 aromatic carbocycles. The van der Waals surface area contributed by atoms with Crippen molar-refractivity contribution in [3.8, 4) is 0 Å². The lowest BCUT2D eigenvalue weighted by atomic mass is 9.87. The zero-order valence-electron chi connectivity index (χ0n) is 15.0. The normalized spacial score (nSPS) is 11.8. The topological polar surface area (TPSA) is 75.3 Å². The van der Waals surface area contributed by atoms with Gasteiger partial charge in [0.25, 0.3) is 10.0 Å². The summed E-state index contributed by atoms with van der Waals surface area (Å²) in [6.45, 7) is 6.24. The van der Waals surface area contributed by atoms with E-state index < -0.39 is 10.0 Å². The van der Waals surface area contributed by atoms with Crippen molar-refractivity contribution >= 4 is 21.6 Å². The second-order valence-electron chi connectivity index (χ2n) is 6.93. The zero-order valence-corrected chi connectivity index (χ0v) is 15.8. The number of hydrogen-bond acceptors (Lipinski definition) is 3. The van der Waals surface area contributed by atoms with Crippen LogP contribution in [0.25, 0.3) is 0 Å². The fourth-order valence-electron chi connectivity index (χ4n) is 2.31. The van der Waals surface area contributed by atoms with Gasteiger partial charge in [0.1, 0.15) is 0 Å². The summed E-state index contributed by atoms with van der Waals surface area (Å²) in [5.41, 5.74) is 2.32. The smallest absolute Gasteiger partial charge is 0.261 e. The van der Waals surface area contributed by atoms with Gasteiger partial charge in [-0.15, -0.1) is 0 Å². The third-order valence-electron chi connectivity index (χ3n) is 3.88. The Morgan fingerprint density at radius 2 is 1.52 bits per heavy atom. The molecule has 0 aliphatic carbocycles. The summed E-state index contributed by atoms with van der Waals surface area (Å²) < 4.78 is 27.6. The van der Waals surface area contributed by atoms with Gasteiger partial charge in [-0.3, -0.25) is 9.52 Å². The van der Waals surface area contributed by atoms with Gasteiger partial charge in [-0.25, -0.2) is 8.42 Å². The van der Waals surface area contributed by atoms with Crippen molar-refractivity contribution in [2.75, 3.05) is 11.8 Å². The lowest BCUT2D eigenvalue weighted by Crippen LogP contribution is -2.19. The van der Waals surface area contributed by atoms with E-state index in [0.29, 0.717) is 5.69 Å². The minimum Gasteiger partial charge on any atom is -0.359 e. The zero-order chi connectivity index (χ0) is 18.7. The highest BCUT2D eigenvalue weighted by Crippen LogP contribution is 2.24.